The van der Waals surface area contributed by atoms with Crippen molar-refractivity contribution in [3.05, 3.63) is 29.1 Å². The first-order chi connectivity index (χ1) is 13.8. The summed E-state index contributed by atoms with van der Waals surface area (Å²) in [5.41, 5.74) is 3.43. The van der Waals surface area contributed by atoms with Crippen LogP contribution in [0, 0.1) is 17.3 Å². The maximum atomic E-state index is 13.0. The van der Waals surface area contributed by atoms with Crippen LogP contribution in [-0.4, -0.2) is 30.3 Å². The van der Waals surface area contributed by atoms with Crippen molar-refractivity contribution in [1.29, 1.82) is 0 Å². The summed E-state index contributed by atoms with van der Waals surface area (Å²) in [5, 5.41) is 0. The van der Waals surface area contributed by atoms with Crippen LogP contribution in [0.2, 0.25) is 0 Å². The number of hydrogen-bond acceptors (Lipinski definition) is 4. The molecule has 2 unspecified atom stereocenters. The van der Waals surface area contributed by atoms with E-state index in [0.29, 0.717) is 17.8 Å². The van der Waals surface area contributed by atoms with E-state index in [1.807, 2.05) is 6.20 Å². The van der Waals surface area contributed by atoms with Crippen molar-refractivity contribution in [2.24, 2.45) is 17.3 Å². The molecule has 1 fully saturated rings. The van der Waals surface area contributed by atoms with Gasteiger partial charge in [-0.25, -0.2) is 0 Å². The van der Waals surface area contributed by atoms with Crippen molar-refractivity contribution >= 4 is 5.78 Å². The van der Waals surface area contributed by atoms with Gasteiger partial charge in [0.25, 0.3) is 0 Å². The fraction of sp³-hybridized carbons (Fsp3) is 0.760. The molecule has 162 valence electrons. The number of nitrogens with zero attached hydrogens (tertiary/aromatic N) is 1. The van der Waals surface area contributed by atoms with Crippen LogP contribution in [-0.2, 0) is 33.5 Å². The van der Waals surface area contributed by atoms with Crippen LogP contribution in [0.1, 0.15) is 83.0 Å². The zero-order valence-corrected chi connectivity index (χ0v) is 19.1. The molecule has 0 saturated heterocycles. The summed E-state index contributed by atoms with van der Waals surface area (Å²) in [6, 6.07) is 2.20. The molecule has 0 radical (unpaired) electrons. The van der Waals surface area contributed by atoms with Crippen molar-refractivity contribution in [1.82, 2.24) is 4.98 Å². The number of carbonyl (C=O) groups is 1. The normalized spacial score (nSPS) is 21.2. The third kappa shape index (κ3) is 4.74. The largest absolute Gasteiger partial charge is 0.359 e. The monoisotopic (exact) mass is 401 g/mol. The Balaban J connectivity index is 1.93. The van der Waals surface area contributed by atoms with E-state index in [2.05, 4.69) is 26.8 Å². The van der Waals surface area contributed by atoms with E-state index in [-0.39, 0.29) is 18.5 Å². The van der Waals surface area contributed by atoms with Crippen molar-refractivity contribution in [3.8, 4) is 0 Å². The van der Waals surface area contributed by atoms with E-state index in [1.54, 1.807) is 14.0 Å². The van der Waals surface area contributed by atoms with Crippen molar-refractivity contribution < 1.29 is 14.3 Å². The molecule has 4 heteroatoms. The first-order valence-electron chi connectivity index (χ1n) is 11.4. The van der Waals surface area contributed by atoms with E-state index in [1.165, 1.54) is 49.7 Å². The third-order valence-corrected chi connectivity index (χ3v) is 7.35. The molecular weight excluding hydrogens is 362 g/mol. The summed E-state index contributed by atoms with van der Waals surface area (Å²) in [4.78, 5) is 17.8. The Bertz CT molecular complexity index is 708. The second kappa shape index (κ2) is 9.26. The fourth-order valence-electron chi connectivity index (χ4n) is 5.86. The summed E-state index contributed by atoms with van der Waals surface area (Å²) in [6.07, 6.45) is 12.4. The molecule has 1 spiro atoms. The lowest BCUT2D eigenvalue weighted by molar-refractivity contribution is -0.174. The van der Waals surface area contributed by atoms with Crippen LogP contribution in [0.5, 0.6) is 0 Å². The molecule has 2 aliphatic rings. The third-order valence-electron chi connectivity index (χ3n) is 7.35. The average Bonchev–Trinajstić information content (AvgIpc) is 3.03. The van der Waals surface area contributed by atoms with Crippen LogP contribution in [0.4, 0.5) is 0 Å². The average molecular weight is 402 g/mol. The first kappa shape index (κ1) is 22.4. The van der Waals surface area contributed by atoms with Gasteiger partial charge in [-0.05, 0) is 73.5 Å². The molecule has 2 aliphatic carbocycles. The van der Waals surface area contributed by atoms with Gasteiger partial charge in [-0.3, -0.25) is 9.78 Å². The molecule has 1 aromatic heterocycles. The minimum atomic E-state index is -0.884. The first-order valence-corrected chi connectivity index (χ1v) is 11.4. The van der Waals surface area contributed by atoms with Gasteiger partial charge in [0.05, 0.1) is 0 Å². The van der Waals surface area contributed by atoms with E-state index < -0.39 is 5.60 Å². The number of ether oxygens (including phenoxy) is 2. The molecule has 1 heterocycles. The molecule has 0 bridgehead atoms. The van der Waals surface area contributed by atoms with Gasteiger partial charge in [0.1, 0.15) is 12.4 Å². The maximum absolute atomic E-state index is 13.0. The summed E-state index contributed by atoms with van der Waals surface area (Å²) in [5.74, 6) is 0.667. The maximum Gasteiger partial charge on any atom is 0.162 e. The molecule has 1 aromatic rings. The Hall–Kier alpha value is -1.26. The topological polar surface area (TPSA) is 48.4 Å². The molecule has 0 N–H and O–H groups in total. The van der Waals surface area contributed by atoms with Gasteiger partial charge in [-0.15, -0.1) is 0 Å². The van der Waals surface area contributed by atoms with Gasteiger partial charge in [-0.2, -0.15) is 0 Å². The van der Waals surface area contributed by atoms with E-state index in [9.17, 15) is 4.79 Å². The Morgan fingerprint density at radius 3 is 2.55 bits per heavy atom. The lowest BCUT2D eigenvalue weighted by Crippen LogP contribution is -2.49. The lowest BCUT2D eigenvalue weighted by atomic mass is 9.72. The van der Waals surface area contributed by atoms with Crippen LogP contribution >= 0.6 is 0 Å². The van der Waals surface area contributed by atoms with Gasteiger partial charge in [0.15, 0.2) is 5.78 Å². The Morgan fingerprint density at radius 2 is 1.93 bits per heavy atom. The molecule has 0 aliphatic heterocycles. The minimum absolute atomic E-state index is 0.0764. The predicted octanol–water partition coefficient (Wildman–Crippen LogP) is 5.30. The fourth-order valence-corrected chi connectivity index (χ4v) is 5.86. The number of pyridine rings is 1. The van der Waals surface area contributed by atoms with Gasteiger partial charge in [0.2, 0.25) is 0 Å². The molecule has 29 heavy (non-hydrogen) atoms. The number of methoxy groups -OCH3 is 1. The van der Waals surface area contributed by atoms with Gasteiger partial charge >= 0.3 is 0 Å². The molecule has 4 nitrogen and oxygen atoms in total. The standard InChI is InChI=1S/C25H39NO3/c1-18(2)13-19(3)25(20(4)27,29-17-28-5)16-23-22-15-24(10-7-6-8-11-24)14-21(22)9-12-26-23/h9,12,18-19H,6-8,10-11,13-17H2,1-5H3. The number of Topliss-reactive ketones (excluding diaryl/α,β-unsaturated/α-hetero) is 1. The van der Waals surface area contributed by atoms with Crippen molar-refractivity contribution in [2.75, 3.05) is 13.9 Å². The number of hydrogen-bond donors (Lipinski definition) is 0. The number of rotatable bonds is 9. The summed E-state index contributed by atoms with van der Waals surface area (Å²) in [7, 11) is 1.61. The summed E-state index contributed by atoms with van der Waals surface area (Å²) >= 11 is 0. The molecule has 1 saturated carbocycles. The van der Waals surface area contributed by atoms with Crippen LogP contribution in [0.3, 0.4) is 0 Å². The molecule has 2 atom stereocenters. The Morgan fingerprint density at radius 1 is 1.21 bits per heavy atom. The zero-order valence-electron chi connectivity index (χ0n) is 19.1. The molecule has 0 amide bonds. The van der Waals surface area contributed by atoms with Crippen molar-refractivity contribution in [3.63, 3.8) is 0 Å². The zero-order chi connectivity index (χ0) is 21.1. The molecule has 0 aromatic carbocycles. The highest BCUT2D eigenvalue weighted by atomic mass is 16.7. The van der Waals surface area contributed by atoms with Gasteiger partial charge in [-0.1, -0.05) is 40.0 Å². The van der Waals surface area contributed by atoms with E-state index in [0.717, 1.165) is 18.5 Å². The predicted molar refractivity (Wildman–Crippen MR) is 116 cm³/mol. The quantitative estimate of drug-likeness (QED) is 0.527. The second-order valence-electron chi connectivity index (χ2n) is 10.0. The molecule has 3 rings (SSSR count). The van der Waals surface area contributed by atoms with E-state index in [4.69, 9.17) is 14.5 Å². The minimum Gasteiger partial charge on any atom is -0.359 e. The highest BCUT2D eigenvalue weighted by Gasteiger charge is 2.45. The summed E-state index contributed by atoms with van der Waals surface area (Å²) < 4.78 is 11.4. The van der Waals surface area contributed by atoms with Gasteiger partial charge < -0.3 is 9.47 Å². The van der Waals surface area contributed by atoms with Crippen LogP contribution in [0.15, 0.2) is 12.3 Å². The summed E-state index contributed by atoms with van der Waals surface area (Å²) in [6.45, 7) is 8.33. The Labute approximate surface area is 176 Å². The second-order valence-corrected chi connectivity index (χ2v) is 10.0. The van der Waals surface area contributed by atoms with Gasteiger partial charge in [0, 0.05) is 25.4 Å². The Kier molecular flexibility index (Phi) is 7.16. The molecular formula is C25H39NO3. The smallest absolute Gasteiger partial charge is 0.162 e. The number of aromatic nitrogens is 1. The van der Waals surface area contributed by atoms with Crippen LogP contribution in [0.25, 0.3) is 0 Å². The SMILES string of the molecule is COCOC(Cc1nccc2c1CC1(CCCCC1)C2)(C(C)=O)C(C)CC(C)C. The number of carbonyl (C=O) groups excluding carboxylic acids is 1. The highest BCUT2D eigenvalue weighted by Crippen LogP contribution is 2.48. The van der Waals surface area contributed by atoms with Crippen molar-refractivity contribution in [2.45, 2.75) is 91.1 Å². The van der Waals surface area contributed by atoms with Crippen LogP contribution < -0.4 is 0 Å². The highest BCUT2D eigenvalue weighted by molar-refractivity contribution is 5.85. The van der Waals surface area contributed by atoms with E-state index >= 15 is 0 Å². The number of fused-ring (bicyclic) bond motifs is 1. The number of ketones is 1. The lowest BCUT2D eigenvalue weighted by Gasteiger charge is -2.38.